The maximum absolute atomic E-state index is 13.5. The van der Waals surface area contributed by atoms with Gasteiger partial charge in [-0.05, 0) is 39.7 Å². The second kappa shape index (κ2) is 7.63. The second-order valence-corrected chi connectivity index (χ2v) is 11.4. The summed E-state index contributed by atoms with van der Waals surface area (Å²) in [6.07, 6.45) is 1.22. The molecule has 1 rings (SSSR count). The highest BCUT2D eigenvalue weighted by atomic mass is 31.2. The van der Waals surface area contributed by atoms with Gasteiger partial charge in [0, 0.05) is 14.2 Å². The molecular weight excluding hydrogens is 355 g/mol. The van der Waals surface area contributed by atoms with Gasteiger partial charge in [-0.15, -0.1) is 6.58 Å². The second-order valence-electron chi connectivity index (χ2n) is 8.80. The van der Waals surface area contributed by atoms with Gasteiger partial charge in [-0.25, -0.2) is 4.79 Å². The SMILES string of the molecule is C=CC[C@@]1(P(=O)(OC)OC)CN(C(=O)OC(C)(C)C)[C@H](C(C)(C)C)N1C. The number of nitrogens with zero attached hydrogens (tertiary/aromatic N) is 2. The van der Waals surface area contributed by atoms with Crippen LogP contribution in [0.15, 0.2) is 12.7 Å². The average Bonchev–Trinajstić information content (AvgIpc) is 2.80. The van der Waals surface area contributed by atoms with Gasteiger partial charge >= 0.3 is 13.7 Å². The minimum Gasteiger partial charge on any atom is -0.444 e. The summed E-state index contributed by atoms with van der Waals surface area (Å²) in [7, 11) is 1.01. The van der Waals surface area contributed by atoms with Crippen LogP contribution in [0.5, 0.6) is 0 Å². The number of rotatable bonds is 5. The van der Waals surface area contributed by atoms with E-state index in [0.717, 1.165) is 0 Å². The number of carbonyl (C=O) groups excluding carboxylic acids is 1. The summed E-state index contributed by atoms with van der Waals surface area (Å²) < 4.78 is 29.8. The van der Waals surface area contributed by atoms with Crippen molar-refractivity contribution in [3.8, 4) is 0 Å². The van der Waals surface area contributed by atoms with Crippen molar-refractivity contribution in [1.82, 2.24) is 9.80 Å². The fourth-order valence-electron chi connectivity index (χ4n) is 3.69. The van der Waals surface area contributed by atoms with Gasteiger partial charge < -0.3 is 13.8 Å². The molecule has 0 aromatic rings. The smallest absolute Gasteiger partial charge is 0.411 e. The number of likely N-dealkylation sites (N-methyl/N-ethyl adjacent to an activating group) is 1. The van der Waals surface area contributed by atoms with Crippen LogP contribution in [0, 0.1) is 5.41 Å². The molecule has 0 spiro atoms. The normalized spacial score (nSPS) is 25.4. The van der Waals surface area contributed by atoms with Gasteiger partial charge in [0.1, 0.15) is 10.9 Å². The van der Waals surface area contributed by atoms with Gasteiger partial charge in [-0.2, -0.15) is 0 Å². The summed E-state index contributed by atoms with van der Waals surface area (Å²) in [5.41, 5.74) is -0.950. The van der Waals surface area contributed by atoms with Crippen molar-refractivity contribution in [2.75, 3.05) is 27.8 Å². The molecule has 0 radical (unpaired) electrons. The van der Waals surface area contributed by atoms with E-state index in [2.05, 4.69) is 6.58 Å². The molecule has 0 aliphatic carbocycles. The van der Waals surface area contributed by atoms with Gasteiger partial charge in [0.15, 0.2) is 0 Å². The molecule has 0 aromatic heterocycles. The Bertz CT molecular complexity index is 573. The molecule has 1 aliphatic rings. The Labute approximate surface area is 158 Å². The fraction of sp³-hybridized carbons (Fsp3) is 0.833. The van der Waals surface area contributed by atoms with Crippen molar-refractivity contribution in [3.05, 3.63) is 12.7 Å². The lowest BCUT2D eigenvalue weighted by Crippen LogP contribution is -2.52. The molecule has 7 nitrogen and oxygen atoms in total. The molecule has 1 amide bonds. The van der Waals surface area contributed by atoms with Gasteiger partial charge in [0.2, 0.25) is 0 Å². The highest BCUT2D eigenvalue weighted by molar-refractivity contribution is 7.55. The Hall–Kier alpha value is -0.880. The van der Waals surface area contributed by atoms with Crippen molar-refractivity contribution in [2.45, 2.75) is 65.0 Å². The lowest BCUT2D eigenvalue weighted by molar-refractivity contribution is -0.00853. The first-order valence-electron chi connectivity index (χ1n) is 8.74. The molecule has 8 heteroatoms. The highest BCUT2D eigenvalue weighted by Crippen LogP contribution is 2.65. The van der Waals surface area contributed by atoms with E-state index < -0.39 is 24.6 Å². The van der Waals surface area contributed by atoms with E-state index in [0.29, 0.717) is 6.42 Å². The zero-order chi connectivity index (χ0) is 20.6. The third-order valence-corrected chi connectivity index (χ3v) is 7.23. The monoisotopic (exact) mass is 390 g/mol. The van der Waals surface area contributed by atoms with Crippen molar-refractivity contribution in [3.63, 3.8) is 0 Å². The van der Waals surface area contributed by atoms with Crippen LogP contribution in [-0.2, 0) is 18.3 Å². The van der Waals surface area contributed by atoms with Crippen molar-refractivity contribution in [1.29, 1.82) is 0 Å². The molecular formula is C18H35N2O5P. The van der Waals surface area contributed by atoms with Crippen LogP contribution in [0.1, 0.15) is 48.0 Å². The van der Waals surface area contributed by atoms with Crippen LogP contribution in [0.3, 0.4) is 0 Å². The summed E-state index contributed by atoms with van der Waals surface area (Å²) in [4.78, 5) is 16.5. The van der Waals surface area contributed by atoms with Gasteiger partial charge in [0.05, 0.1) is 12.7 Å². The van der Waals surface area contributed by atoms with Crippen molar-refractivity contribution in [2.24, 2.45) is 5.41 Å². The van der Waals surface area contributed by atoms with E-state index in [1.54, 1.807) is 11.0 Å². The highest BCUT2D eigenvalue weighted by Gasteiger charge is 2.63. The van der Waals surface area contributed by atoms with E-state index in [4.69, 9.17) is 13.8 Å². The lowest BCUT2D eigenvalue weighted by atomic mass is 9.91. The summed E-state index contributed by atoms with van der Waals surface area (Å²) in [5, 5.41) is -1.03. The third kappa shape index (κ3) is 4.16. The standard InChI is InChI=1S/C18H35N2O5P/c1-11-12-18(26(22,23-9)24-10)13-20(15(21)25-17(5,6)7)14(19(18)8)16(2,3)4/h11,14H,1,12-13H2,2-10H3/t14-,18-/m1/s1. The minimum absolute atomic E-state index is 0.158. The Balaban J connectivity index is 3.51. The molecule has 0 bridgehead atoms. The van der Waals surface area contributed by atoms with E-state index >= 15 is 0 Å². The number of hydrogen-bond donors (Lipinski definition) is 0. The molecule has 1 fully saturated rings. The van der Waals surface area contributed by atoms with Gasteiger partial charge in [0.25, 0.3) is 0 Å². The number of carbonyl (C=O) groups is 1. The summed E-state index contributed by atoms with van der Waals surface area (Å²) in [6.45, 7) is 15.5. The van der Waals surface area contributed by atoms with Crippen LogP contribution >= 0.6 is 7.60 Å². The largest absolute Gasteiger partial charge is 0.444 e. The molecule has 0 unspecified atom stereocenters. The fourth-order valence-corrected chi connectivity index (χ4v) is 5.69. The number of ether oxygens (including phenoxy) is 1. The minimum atomic E-state index is -3.56. The maximum atomic E-state index is 13.5. The molecule has 1 saturated heterocycles. The predicted octanol–water partition coefficient (Wildman–Crippen LogP) is 4.30. The van der Waals surface area contributed by atoms with Gasteiger partial charge in [-0.1, -0.05) is 26.8 Å². The van der Waals surface area contributed by atoms with Crippen molar-refractivity contribution < 1.29 is 23.1 Å². The van der Waals surface area contributed by atoms with Crippen LogP contribution in [-0.4, -0.2) is 60.8 Å². The summed E-state index contributed by atoms with van der Waals surface area (Å²) in [5.74, 6) is 0. The first-order valence-corrected chi connectivity index (χ1v) is 10.3. The van der Waals surface area contributed by atoms with E-state index in [1.165, 1.54) is 14.2 Å². The molecule has 26 heavy (non-hydrogen) atoms. The molecule has 1 heterocycles. The Morgan fingerprint density at radius 2 is 1.73 bits per heavy atom. The molecule has 152 valence electrons. The van der Waals surface area contributed by atoms with E-state index in [9.17, 15) is 9.36 Å². The van der Waals surface area contributed by atoms with Crippen LogP contribution in [0.2, 0.25) is 0 Å². The number of amides is 1. The molecule has 1 aliphatic heterocycles. The van der Waals surface area contributed by atoms with E-state index in [-0.39, 0.29) is 18.1 Å². The quantitative estimate of drug-likeness (QED) is 0.515. The van der Waals surface area contributed by atoms with E-state index in [1.807, 2.05) is 53.5 Å². The Kier molecular flexibility index (Phi) is 6.79. The molecule has 2 atom stereocenters. The van der Waals surface area contributed by atoms with Crippen molar-refractivity contribution >= 4 is 13.7 Å². The Morgan fingerprint density at radius 3 is 2.08 bits per heavy atom. The van der Waals surface area contributed by atoms with Crippen LogP contribution in [0.4, 0.5) is 4.79 Å². The first kappa shape index (κ1) is 23.2. The summed E-state index contributed by atoms with van der Waals surface area (Å²) in [6, 6.07) is 0. The molecule has 0 saturated carbocycles. The predicted molar refractivity (Wildman–Crippen MR) is 103 cm³/mol. The lowest BCUT2D eigenvalue weighted by Gasteiger charge is -2.43. The van der Waals surface area contributed by atoms with Crippen LogP contribution in [0.25, 0.3) is 0 Å². The topological polar surface area (TPSA) is 68.3 Å². The van der Waals surface area contributed by atoms with Gasteiger partial charge in [-0.3, -0.25) is 14.4 Å². The number of hydrogen-bond acceptors (Lipinski definition) is 6. The zero-order valence-corrected chi connectivity index (χ0v) is 18.6. The zero-order valence-electron chi connectivity index (χ0n) is 17.7. The first-order chi connectivity index (χ1) is 11.7. The summed E-state index contributed by atoms with van der Waals surface area (Å²) >= 11 is 0. The molecule has 0 N–H and O–H groups in total. The molecule has 0 aromatic carbocycles. The van der Waals surface area contributed by atoms with Crippen LogP contribution < -0.4 is 0 Å². The third-order valence-electron chi connectivity index (χ3n) is 4.61. The average molecular weight is 390 g/mol. The maximum Gasteiger partial charge on any atom is 0.411 e. The Morgan fingerprint density at radius 1 is 1.23 bits per heavy atom.